The lowest BCUT2D eigenvalue weighted by Crippen LogP contribution is -2.58. The average molecular weight is 381 g/mol. The molecule has 1 aromatic carbocycles. The van der Waals surface area contributed by atoms with Crippen molar-refractivity contribution in [3.8, 4) is 0 Å². The maximum atomic E-state index is 12.9. The van der Waals surface area contributed by atoms with E-state index >= 15 is 0 Å². The van der Waals surface area contributed by atoms with Gasteiger partial charge in [-0.05, 0) is 42.9 Å². The second kappa shape index (κ2) is 6.74. The van der Waals surface area contributed by atoms with Crippen molar-refractivity contribution in [2.75, 3.05) is 13.1 Å². The Hall–Kier alpha value is -1.79. The number of halogens is 1. The fourth-order valence-electron chi connectivity index (χ4n) is 4.07. The number of amides is 2. The Morgan fingerprint density at radius 1 is 1.19 bits per heavy atom. The van der Waals surface area contributed by atoms with Crippen molar-refractivity contribution in [1.29, 1.82) is 0 Å². The molecule has 1 heterocycles. The molecule has 1 aliphatic heterocycles. The topological polar surface area (TPSA) is 89.9 Å². The van der Waals surface area contributed by atoms with E-state index in [0.717, 1.165) is 18.4 Å². The quantitative estimate of drug-likeness (QED) is 0.749. The first-order valence-electron chi connectivity index (χ1n) is 8.95. The van der Waals surface area contributed by atoms with Gasteiger partial charge in [0.2, 0.25) is 5.91 Å². The highest BCUT2D eigenvalue weighted by atomic mass is 35.5. The first kappa shape index (κ1) is 19.0. The Labute approximate surface area is 158 Å². The van der Waals surface area contributed by atoms with Crippen LogP contribution in [-0.4, -0.2) is 46.2 Å². The highest BCUT2D eigenvalue weighted by Crippen LogP contribution is 2.62. The summed E-state index contributed by atoms with van der Waals surface area (Å²) in [4.78, 5) is 25.6. The van der Waals surface area contributed by atoms with E-state index in [-0.39, 0.29) is 17.2 Å². The van der Waals surface area contributed by atoms with Crippen LogP contribution in [0.1, 0.15) is 38.7 Å². The second-order valence-corrected chi connectivity index (χ2v) is 8.26. The van der Waals surface area contributed by atoms with Crippen molar-refractivity contribution in [2.24, 2.45) is 11.3 Å². The van der Waals surface area contributed by atoms with Crippen molar-refractivity contribution >= 4 is 23.6 Å². The number of carboxylic acid groups (broad SMARTS) is 1. The molecule has 7 heteroatoms. The van der Waals surface area contributed by atoms with E-state index in [1.165, 1.54) is 0 Å². The Morgan fingerprint density at radius 3 is 2.31 bits per heavy atom. The molecule has 1 unspecified atom stereocenters. The lowest BCUT2D eigenvalue weighted by molar-refractivity contribution is -0.146. The molecule has 2 amide bonds. The van der Waals surface area contributed by atoms with Crippen molar-refractivity contribution in [3.63, 3.8) is 0 Å². The predicted octanol–water partition coefficient (Wildman–Crippen LogP) is 2.83. The van der Waals surface area contributed by atoms with Crippen LogP contribution in [0, 0.1) is 11.3 Å². The van der Waals surface area contributed by atoms with Gasteiger partial charge in [-0.25, -0.2) is 4.79 Å². The Balaban J connectivity index is 1.80. The van der Waals surface area contributed by atoms with Gasteiger partial charge in [-0.1, -0.05) is 37.6 Å². The number of hydrogen-bond acceptors (Lipinski definition) is 3. The molecular weight excluding hydrogens is 356 g/mol. The normalized spacial score (nSPS) is 25.2. The van der Waals surface area contributed by atoms with E-state index in [0.29, 0.717) is 24.5 Å². The van der Waals surface area contributed by atoms with Crippen LogP contribution in [0.25, 0.3) is 0 Å². The standard InChI is InChI=1S/C19H25ClN2O4/c1-12(2)15(21-17(24)25)16(23)22-10-9-19(26,18(11-22)7-8-18)13-3-5-14(20)6-4-13/h3-6,12,15,21,26H,7-11H2,1-2H3,(H,24,25)/t15-,19?/m1/s1. The maximum Gasteiger partial charge on any atom is 0.405 e. The number of benzene rings is 1. The van der Waals surface area contributed by atoms with Crippen LogP contribution in [0.2, 0.25) is 5.02 Å². The number of carbonyl (C=O) groups excluding carboxylic acids is 1. The number of piperidine rings is 1. The molecule has 1 saturated carbocycles. The average Bonchev–Trinajstić information content (AvgIpc) is 3.36. The van der Waals surface area contributed by atoms with Gasteiger partial charge in [-0.2, -0.15) is 0 Å². The highest BCUT2D eigenvalue weighted by Gasteiger charge is 2.62. The third-order valence-electron chi connectivity index (χ3n) is 5.81. The summed E-state index contributed by atoms with van der Waals surface area (Å²) in [5.74, 6) is -0.363. The zero-order valence-corrected chi connectivity index (χ0v) is 15.8. The zero-order chi connectivity index (χ0) is 19.1. The summed E-state index contributed by atoms with van der Waals surface area (Å²) in [6.45, 7) is 4.47. The molecule has 1 aliphatic carbocycles. The molecule has 1 spiro atoms. The number of likely N-dealkylation sites (tertiary alicyclic amines) is 1. The van der Waals surface area contributed by atoms with Gasteiger partial charge >= 0.3 is 6.09 Å². The van der Waals surface area contributed by atoms with Crippen molar-refractivity contribution < 1.29 is 19.8 Å². The molecule has 3 N–H and O–H groups in total. The van der Waals surface area contributed by atoms with E-state index in [1.807, 2.05) is 26.0 Å². The number of carbonyl (C=O) groups is 2. The molecule has 3 rings (SSSR count). The van der Waals surface area contributed by atoms with Crippen LogP contribution in [0.4, 0.5) is 4.79 Å². The number of nitrogens with zero attached hydrogens (tertiary/aromatic N) is 1. The van der Waals surface area contributed by atoms with E-state index < -0.39 is 17.7 Å². The van der Waals surface area contributed by atoms with Gasteiger partial charge in [0.05, 0.1) is 5.60 Å². The van der Waals surface area contributed by atoms with Gasteiger partial charge in [-0.3, -0.25) is 4.79 Å². The SMILES string of the molecule is CC(C)[C@@H](NC(=O)O)C(=O)N1CCC(O)(c2ccc(Cl)cc2)C2(CC2)C1. The van der Waals surface area contributed by atoms with Gasteiger partial charge in [-0.15, -0.1) is 0 Å². The molecule has 2 aliphatic rings. The third kappa shape index (κ3) is 3.28. The van der Waals surface area contributed by atoms with Gasteiger partial charge in [0.1, 0.15) is 6.04 Å². The van der Waals surface area contributed by atoms with Crippen molar-refractivity contribution in [3.05, 3.63) is 34.9 Å². The lowest BCUT2D eigenvalue weighted by Gasteiger charge is -2.46. The number of aliphatic hydroxyl groups is 1. The van der Waals surface area contributed by atoms with Crippen LogP contribution in [0.15, 0.2) is 24.3 Å². The Bertz CT molecular complexity index is 702. The van der Waals surface area contributed by atoms with Gasteiger partial charge in [0, 0.05) is 23.5 Å². The fourth-order valence-corrected chi connectivity index (χ4v) is 4.19. The van der Waals surface area contributed by atoms with E-state index in [4.69, 9.17) is 16.7 Å². The van der Waals surface area contributed by atoms with Crippen LogP contribution in [-0.2, 0) is 10.4 Å². The van der Waals surface area contributed by atoms with Crippen LogP contribution >= 0.6 is 11.6 Å². The zero-order valence-electron chi connectivity index (χ0n) is 15.0. The molecule has 2 atom stereocenters. The summed E-state index contributed by atoms with van der Waals surface area (Å²) in [7, 11) is 0. The molecule has 0 aromatic heterocycles. The van der Waals surface area contributed by atoms with Crippen molar-refractivity contribution in [1.82, 2.24) is 10.2 Å². The van der Waals surface area contributed by atoms with Gasteiger partial charge < -0.3 is 20.4 Å². The fraction of sp³-hybridized carbons (Fsp3) is 0.579. The van der Waals surface area contributed by atoms with Gasteiger partial charge in [0.25, 0.3) is 0 Å². The van der Waals surface area contributed by atoms with E-state index in [9.17, 15) is 14.7 Å². The molecule has 1 aromatic rings. The summed E-state index contributed by atoms with van der Waals surface area (Å²) < 4.78 is 0. The monoisotopic (exact) mass is 380 g/mol. The second-order valence-electron chi connectivity index (χ2n) is 7.83. The maximum absolute atomic E-state index is 12.9. The summed E-state index contributed by atoms with van der Waals surface area (Å²) >= 11 is 5.96. The largest absolute Gasteiger partial charge is 0.465 e. The smallest absolute Gasteiger partial charge is 0.405 e. The third-order valence-corrected chi connectivity index (χ3v) is 6.07. The lowest BCUT2D eigenvalue weighted by atomic mass is 9.73. The number of nitrogens with one attached hydrogen (secondary N) is 1. The van der Waals surface area contributed by atoms with Crippen LogP contribution < -0.4 is 5.32 Å². The summed E-state index contributed by atoms with van der Waals surface area (Å²) in [5.41, 5.74) is -0.517. The highest BCUT2D eigenvalue weighted by molar-refractivity contribution is 6.30. The van der Waals surface area contributed by atoms with E-state index in [2.05, 4.69) is 5.32 Å². The minimum atomic E-state index is -1.20. The molecule has 2 fully saturated rings. The number of hydrogen-bond donors (Lipinski definition) is 3. The Morgan fingerprint density at radius 2 is 1.81 bits per heavy atom. The minimum absolute atomic E-state index is 0.147. The molecule has 0 radical (unpaired) electrons. The minimum Gasteiger partial charge on any atom is -0.465 e. The molecule has 0 bridgehead atoms. The van der Waals surface area contributed by atoms with Gasteiger partial charge in [0.15, 0.2) is 0 Å². The predicted molar refractivity (Wildman–Crippen MR) is 98.0 cm³/mol. The number of rotatable bonds is 4. The first-order chi connectivity index (χ1) is 12.2. The molecule has 1 saturated heterocycles. The van der Waals surface area contributed by atoms with Crippen molar-refractivity contribution in [2.45, 2.75) is 44.8 Å². The summed E-state index contributed by atoms with van der Waals surface area (Å²) in [6, 6.07) is 6.47. The summed E-state index contributed by atoms with van der Waals surface area (Å²) in [6.07, 6.45) is 0.912. The molecule has 6 nitrogen and oxygen atoms in total. The van der Waals surface area contributed by atoms with Crippen LogP contribution in [0.3, 0.4) is 0 Å². The molecule has 26 heavy (non-hydrogen) atoms. The first-order valence-corrected chi connectivity index (χ1v) is 9.33. The summed E-state index contributed by atoms with van der Waals surface area (Å²) in [5, 5.41) is 23.4. The van der Waals surface area contributed by atoms with E-state index in [1.54, 1.807) is 17.0 Å². The van der Waals surface area contributed by atoms with Crippen LogP contribution in [0.5, 0.6) is 0 Å². The Kier molecular flexibility index (Phi) is 4.92. The molecule has 142 valence electrons. The molecular formula is C19H25ClN2O4.